The number of rotatable bonds is 4. The molecule has 0 radical (unpaired) electrons. The first-order valence-corrected chi connectivity index (χ1v) is 9.03. The minimum Gasteiger partial charge on any atom is -0.388 e. The van der Waals surface area contributed by atoms with Crippen LogP contribution in [0.4, 0.5) is 4.39 Å². The van der Waals surface area contributed by atoms with Crippen LogP contribution in [0, 0.1) is 5.82 Å². The average Bonchev–Trinajstić information content (AvgIpc) is 3.14. The molecule has 5 nitrogen and oxygen atoms in total. The number of halogens is 1. The van der Waals surface area contributed by atoms with Gasteiger partial charge < -0.3 is 10.2 Å². The molecule has 1 fully saturated rings. The second-order valence-electron chi connectivity index (χ2n) is 7.04. The van der Waals surface area contributed by atoms with Crippen molar-refractivity contribution in [1.82, 2.24) is 14.7 Å². The first-order chi connectivity index (χ1) is 13.1. The Hall–Kier alpha value is -2.54. The predicted octanol–water partition coefficient (Wildman–Crippen LogP) is 2.47. The Kier molecular flexibility index (Phi) is 4.78. The number of nitrogens with zero attached hydrogens (tertiary/aromatic N) is 3. The van der Waals surface area contributed by atoms with Gasteiger partial charge in [-0.15, -0.1) is 0 Å². The molecule has 2 N–H and O–H groups in total. The van der Waals surface area contributed by atoms with Crippen LogP contribution in [-0.4, -0.2) is 44.1 Å². The standard InChI is InChI=1S/C21H22FN3O2/c22-18-8-4-5-9-19(18)25-14-16(12-23-25)13-24-11-10-21(27,20(26)15-24)17-6-2-1-3-7-17/h1-9,12,14,20,26-27H,10-11,13,15H2/t20-,21-/m0/s1. The van der Waals surface area contributed by atoms with Gasteiger partial charge in [0.2, 0.25) is 0 Å². The van der Waals surface area contributed by atoms with E-state index in [2.05, 4.69) is 10.00 Å². The lowest BCUT2D eigenvalue weighted by Crippen LogP contribution is -2.53. The van der Waals surface area contributed by atoms with Gasteiger partial charge in [0.05, 0.1) is 12.3 Å². The molecular formula is C21H22FN3O2. The summed E-state index contributed by atoms with van der Waals surface area (Å²) >= 11 is 0. The summed E-state index contributed by atoms with van der Waals surface area (Å²) in [5.74, 6) is -0.325. The molecule has 0 bridgehead atoms. The zero-order chi connectivity index (χ0) is 18.9. The number of benzene rings is 2. The molecule has 27 heavy (non-hydrogen) atoms. The van der Waals surface area contributed by atoms with E-state index in [1.807, 2.05) is 30.3 Å². The van der Waals surface area contributed by atoms with Gasteiger partial charge in [-0.05, 0) is 24.1 Å². The summed E-state index contributed by atoms with van der Waals surface area (Å²) in [6.45, 7) is 1.58. The summed E-state index contributed by atoms with van der Waals surface area (Å²) < 4.78 is 15.4. The lowest BCUT2D eigenvalue weighted by atomic mass is 9.82. The highest BCUT2D eigenvalue weighted by Gasteiger charge is 2.41. The molecule has 0 aliphatic carbocycles. The molecule has 2 atom stereocenters. The molecule has 2 aromatic carbocycles. The van der Waals surface area contributed by atoms with Gasteiger partial charge in [0.15, 0.2) is 0 Å². The van der Waals surface area contributed by atoms with Crippen molar-refractivity contribution in [3.05, 3.63) is 83.9 Å². The van der Waals surface area contributed by atoms with Crippen LogP contribution in [0.5, 0.6) is 0 Å². The molecule has 0 unspecified atom stereocenters. The van der Waals surface area contributed by atoms with Crippen LogP contribution in [0.1, 0.15) is 17.5 Å². The summed E-state index contributed by atoms with van der Waals surface area (Å²) in [5.41, 5.74) is 0.843. The van der Waals surface area contributed by atoms with Crippen molar-refractivity contribution >= 4 is 0 Å². The topological polar surface area (TPSA) is 61.5 Å². The average molecular weight is 367 g/mol. The quantitative estimate of drug-likeness (QED) is 0.744. The van der Waals surface area contributed by atoms with E-state index in [9.17, 15) is 14.6 Å². The van der Waals surface area contributed by atoms with Crippen molar-refractivity contribution in [2.24, 2.45) is 0 Å². The van der Waals surface area contributed by atoms with E-state index >= 15 is 0 Å². The Morgan fingerprint density at radius 1 is 1.11 bits per heavy atom. The highest BCUT2D eigenvalue weighted by atomic mass is 19.1. The Bertz CT molecular complexity index is 915. The Morgan fingerprint density at radius 2 is 1.85 bits per heavy atom. The molecule has 3 aromatic rings. The molecule has 4 rings (SSSR count). The zero-order valence-corrected chi connectivity index (χ0v) is 14.9. The summed E-state index contributed by atoms with van der Waals surface area (Å²) in [4.78, 5) is 2.07. The van der Waals surface area contributed by atoms with Crippen LogP contribution >= 0.6 is 0 Å². The number of hydrogen-bond acceptors (Lipinski definition) is 4. The third kappa shape index (κ3) is 3.51. The second kappa shape index (κ2) is 7.23. The summed E-state index contributed by atoms with van der Waals surface area (Å²) in [5, 5.41) is 25.8. The van der Waals surface area contributed by atoms with Crippen LogP contribution < -0.4 is 0 Å². The molecule has 1 aliphatic rings. The van der Waals surface area contributed by atoms with Crippen molar-refractivity contribution in [1.29, 1.82) is 0 Å². The van der Waals surface area contributed by atoms with Gasteiger partial charge in [-0.25, -0.2) is 9.07 Å². The summed E-state index contributed by atoms with van der Waals surface area (Å²) in [7, 11) is 0. The summed E-state index contributed by atoms with van der Waals surface area (Å²) in [6, 6.07) is 15.8. The van der Waals surface area contributed by atoms with Crippen molar-refractivity contribution in [3.63, 3.8) is 0 Å². The molecular weight excluding hydrogens is 345 g/mol. The minimum absolute atomic E-state index is 0.325. The maximum Gasteiger partial charge on any atom is 0.148 e. The maximum atomic E-state index is 13.9. The Balaban J connectivity index is 1.45. The zero-order valence-electron chi connectivity index (χ0n) is 14.9. The fourth-order valence-corrected chi connectivity index (χ4v) is 3.66. The number of aliphatic hydroxyl groups is 2. The van der Waals surface area contributed by atoms with Crippen LogP contribution in [0.3, 0.4) is 0 Å². The van der Waals surface area contributed by atoms with E-state index < -0.39 is 11.7 Å². The van der Waals surface area contributed by atoms with Gasteiger partial charge in [0.1, 0.15) is 17.1 Å². The van der Waals surface area contributed by atoms with E-state index in [0.717, 1.165) is 11.1 Å². The van der Waals surface area contributed by atoms with Crippen LogP contribution in [0.25, 0.3) is 5.69 Å². The van der Waals surface area contributed by atoms with Crippen molar-refractivity contribution in [2.75, 3.05) is 13.1 Å². The fourth-order valence-electron chi connectivity index (χ4n) is 3.66. The number of aromatic nitrogens is 2. The number of hydrogen-bond donors (Lipinski definition) is 2. The SMILES string of the molecule is O[C@H]1CN(Cc2cnn(-c3ccccc3F)c2)CC[C@]1(O)c1ccccc1. The van der Waals surface area contributed by atoms with Gasteiger partial charge in [-0.2, -0.15) is 5.10 Å². The van der Waals surface area contributed by atoms with Gasteiger partial charge >= 0.3 is 0 Å². The third-order valence-electron chi connectivity index (χ3n) is 5.21. The fraction of sp³-hybridized carbons (Fsp3) is 0.286. The molecule has 1 aliphatic heterocycles. The summed E-state index contributed by atoms with van der Waals surface area (Å²) in [6.07, 6.45) is 3.06. The largest absolute Gasteiger partial charge is 0.388 e. The maximum absolute atomic E-state index is 13.9. The third-order valence-corrected chi connectivity index (χ3v) is 5.21. The molecule has 0 spiro atoms. The van der Waals surface area contributed by atoms with Crippen LogP contribution in [0.2, 0.25) is 0 Å². The molecule has 1 saturated heterocycles. The van der Waals surface area contributed by atoms with Gasteiger partial charge in [-0.1, -0.05) is 42.5 Å². The van der Waals surface area contributed by atoms with E-state index in [4.69, 9.17) is 0 Å². The lowest BCUT2D eigenvalue weighted by Gasteiger charge is -2.42. The van der Waals surface area contributed by atoms with Gasteiger partial charge in [0.25, 0.3) is 0 Å². The van der Waals surface area contributed by atoms with Gasteiger partial charge in [0, 0.05) is 31.4 Å². The van der Waals surface area contributed by atoms with Crippen molar-refractivity contribution < 1.29 is 14.6 Å². The molecule has 6 heteroatoms. The van der Waals surface area contributed by atoms with Crippen LogP contribution in [0.15, 0.2) is 67.0 Å². The lowest BCUT2D eigenvalue weighted by molar-refractivity contribution is -0.126. The predicted molar refractivity (Wildman–Crippen MR) is 99.8 cm³/mol. The molecule has 2 heterocycles. The smallest absolute Gasteiger partial charge is 0.148 e. The molecule has 140 valence electrons. The molecule has 1 aromatic heterocycles. The van der Waals surface area contributed by atoms with Crippen molar-refractivity contribution in [3.8, 4) is 5.69 Å². The normalized spacial score (nSPS) is 23.4. The van der Waals surface area contributed by atoms with E-state index in [1.165, 1.54) is 10.7 Å². The number of aliphatic hydroxyl groups excluding tert-OH is 1. The van der Waals surface area contributed by atoms with Crippen LogP contribution in [-0.2, 0) is 12.1 Å². The van der Waals surface area contributed by atoms with E-state index in [-0.39, 0.29) is 5.82 Å². The molecule has 0 amide bonds. The highest BCUT2D eigenvalue weighted by Crippen LogP contribution is 2.33. The Labute approximate surface area is 157 Å². The number of piperidine rings is 1. The minimum atomic E-state index is -1.23. The van der Waals surface area contributed by atoms with E-state index in [1.54, 1.807) is 30.6 Å². The monoisotopic (exact) mass is 367 g/mol. The molecule has 0 saturated carbocycles. The van der Waals surface area contributed by atoms with E-state index in [0.29, 0.717) is 31.7 Å². The second-order valence-corrected chi connectivity index (χ2v) is 7.04. The number of para-hydroxylation sites is 1. The first kappa shape index (κ1) is 17.9. The number of likely N-dealkylation sites (tertiary alicyclic amines) is 1. The van der Waals surface area contributed by atoms with Gasteiger partial charge in [-0.3, -0.25) is 4.90 Å². The highest BCUT2D eigenvalue weighted by molar-refractivity contribution is 5.33. The van der Waals surface area contributed by atoms with Crippen molar-refractivity contribution in [2.45, 2.75) is 24.7 Å². The first-order valence-electron chi connectivity index (χ1n) is 9.03. The number of β-amino-alcohol motifs (C(OH)–C–C–N with tert-alkyl or cyclic N) is 1. The Morgan fingerprint density at radius 3 is 2.59 bits per heavy atom.